The molecule has 0 aliphatic heterocycles. The smallest absolute Gasteiger partial charge is 0.152 e. The van der Waals surface area contributed by atoms with Gasteiger partial charge in [0.25, 0.3) is 0 Å². The van der Waals surface area contributed by atoms with Gasteiger partial charge in [-0.3, -0.25) is 9.48 Å². The number of carbonyl (C=O) groups is 1. The Kier molecular flexibility index (Phi) is 3.84. The van der Waals surface area contributed by atoms with Crippen LogP contribution in [-0.4, -0.2) is 25.7 Å². The number of hydrogen-bond acceptors (Lipinski definition) is 3. The maximum Gasteiger partial charge on any atom is 0.152 e. The minimum atomic E-state index is -0.575. The minimum Gasteiger partial charge on any atom is -0.508 e. The van der Waals surface area contributed by atoms with E-state index < -0.39 is 5.82 Å². The SMILES string of the molecule is Cc1nn(C)c(C)c1-c1c(C=O)c2ccccc2n1-c1ccc(O)cc1F. The summed E-state index contributed by atoms with van der Waals surface area (Å²) >= 11 is 0. The number of aromatic nitrogens is 3. The average molecular weight is 363 g/mol. The monoisotopic (exact) mass is 363 g/mol. The van der Waals surface area contributed by atoms with Crippen LogP contribution in [0.2, 0.25) is 0 Å². The van der Waals surface area contributed by atoms with Crippen molar-refractivity contribution in [3.05, 3.63) is 65.2 Å². The predicted molar refractivity (Wildman–Crippen MR) is 102 cm³/mol. The van der Waals surface area contributed by atoms with Crippen LogP contribution >= 0.6 is 0 Å². The minimum absolute atomic E-state index is 0.154. The fourth-order valence-electron chi connectivity index (χ4n) is 3.67. The molecule has 0 bridgehead atoms. The number of rotatable bonds is 3. The van der Waals surface area contributed by atoms with Gasteiger partial charge in [0, 0.05) is 35.3 Å². The summed E-state index contributed by atoms with van der Waals surface area (Å²) in [5.74, 6) is -0.729. The van der Waals surface area contributed by atoms with Gasteiger partial charge in [0.15, 0.2) is 12.1 Å². The standard InChI is InChI=1S/C21H18FN3O2/c1-12-20(13(2)24(3)23-12)21-16(11-26)15-6-4-5-7-18(15)25(21)19-9-8-14(27)10-17(19)22/h4-11,27H,1-3H3. The van der Waals surface area contributed by atoms with Crippen molar-refractivity contribution < 1.29 is 14.3 Å². The van der Waals surface area contributed by atoms with E-state index >= 15 is 0 Å². The number of carbonyl (C=O) groups excluding carboxylic acids is 1. The maximum atomic E-state index is 14.8. The van der Waals surface area contributed by atoms with Crippen LogP contribution in [0.5, 0.6) is 5.75 Å². The molecule has 0 aliphatic rings. The van der Waals surface area contributed by atoms with Crippen molar-refractivity contribution in [2.75, 3.05) is 0 Å². The van der Waals surface area contributed by atoms with Gasteiger partial charge in [-0.1, -0.05) is 18.2 Å². The summed E-state index contributed by atoms with van der Waals surface area (Å²) in [5.41, 5.74) is 4.47. The van der Waals surface area contributed by atoms with Crippen molar-refractivity contribution >= 4 is 17.2 Å². The highest BCUT2D eigenvalue weighted by Gasteiger charge is 2.25. The van der Waals surface area contributed by atoms with E-state index in [0.717, 1.165) is 34.7 Å². The number of aldehydes is 1. The molecule has 0 spiro atoms. The molecule has 0 amide bonds. The lowest BCUT2D eigenvalue weighted by Crippen LogP contribution is -2.02. The second kappa shape index (κ2) is 6.09. The molecule has 27 heavy (non-hydrogen) atoms. The lowest BCUT2D eigenvalue weighted by atomic mass is 10.0. The molecule has 0 fully saturated rings. The number of halogens is 1. The number of hydrogen-bond donors (Lipinski definition) is 1. The third-order valence-corrected chi connectivity index (χ3v) is 4.95. The van der Waals surface area contributed by atoms with Crippen molar-refractivity contribution in [2.45, 2.75) is 13.8 Å². The molecule has 0 saturated heterocycles. The Labute approximate surface area is 155 Å². The largest absolute Gasteiger partial charge is 0.508 e. The predicted octanol–water partition coefficient (Wildman–Crippen LogP) is 4.31. The summed E-state index contributed by atoms with van der Waals surface area (Å²) in [6.45, 7) is 3.78. The number of fused-ring (bicyclic) bond motifs is 1. The van der Waals surface area contributed by atoms with E-state index in [4.69, 9.17) is 0 Å². The summed E-state index contributed by atoms with van der Waals surface area (Å²) in [6, 6.07) is 11.4. The molecule has 6 heteroatoms. The molecule has 0 unspecified atom stereocenters. The lowest BCUT2D eigenvalue weighted by molar-refractivity contribution is 0.112. The Balaban J connectivity index is 2.22. The first-order valence-corrected chi connectivity index (χ1v) is 8.52. The first-order valence-electron chi connectivity index (χ1n) is 8.52. The average Bonchev–Trinajstić information content (AvgIpc) is 3.08. The molecule has 136 valence electrons. The van der Waals surface area contributed by atoms with Crippen LogP contribution in [0.15, 0.2) is 42.5 Å². The Hall–Kier alpha value is -3.41. The van der Waals surface area contributed by atoms with E-state index in [2.05, 4.69) is 5.10 Å². The van der Waals surface area contributed by atoms with Crippen LogP contribution in [0.3, 0.4) is 0 Å². The van der Waals surface area contributed by atoms with Crippen LogP contribution in [0.4, 0.5) is 4.39 Å². The lowest BCUT2D eigenvalue weighted by Gasteiger charge is -2.13. The van der Waals surface area contributed by atoms with E-state index in [-0.39, 0.29) is 11.4 Å². The highest BCUT2D eigenvalue weighted by Crippen LogP contribution is 2.39. The molecule has 2 heterocycles. The topological polar surface area (TPSA) is 60.0 Å². The highest BCUT2D eigenvalue weighted by atomic mass is 19.1. The van der Waals surface area contributed by atoms with Crippen molar-refractivity contribution in [1.82, 2.24) is 14.3 Å². The fourth-order valence-corrected chi connectivity index (χ4v) is 3.67. The molecule has 2 aromatic carbocycles. The van der Waals surface area contributed by atoms with Crippen LogP contribution in [-0.2, 0) is 7.05 Å². The van der Waals surface area contributed by atoms with Crippen LogP contribution in [0.1, 0.15) is 21.7 Å². The van der Waals surface area contributed by atoms with Gasteiger partial charge in [-0.05, 0) is 32.0 Å². The molecule has 4 aromatic rings. The Morgan fingerprint density at radius 3 is 2.52 bits per heavy atom. The molecule has 2 aromatic heterocycles. The third-order valence-electron chi connectivity index (χ3n) is 4.95. The number of aromatic hydroxyl groups is 1. The number of phenolic OH excluding ortho intramolecular Hbond substituents is 1. The Morgan fingerprint density at radius 2 is 1.89 bits per heavy atom. The van der Waals surface area contributed by atoms with E-state index in [0.29, 0.717) is 16.8 Å². The van der Waals surface area contributed by atoms with Crippen molar-refractivity contribution in [2.24, 2.45) is 7.05 Å². The molecule has 0 aliphatic carbocycles. The third kappa shape index (κ3) is 2.44. The molecule has 1 N–H and O–H groups in total. The Bertz CT molecular complexity index is 1200. The van der Waals surface area contributed by atoms with Crippen LogP contribution in [0, 0.1) is 19.7 Å². The summed E-state index contributed by atoms with van der Waals surface area (Å²) in [7, 11) is 1.83. The van der Waals surface area contributed by atoms with Gasteiger partial charge in [-0.15, -0.1) is 0 Å². The molecule has 5 nitrogen and oxygen atoms in total. The molecule has 0 radical (unpaired) electrons. The number of aryl methyl sites for hydroxylation is 2. The number of nitrogens with zero attached hydrogens (tertiary/aromatic N) is 3. The highest BCUT2D eigenvalue weighted by molar-refractivity contribution is 6.06. The molecule has 0 atom stereocenters. The number of phenols is 1. The van der Waals surface area contributed by atoms with Gasteiger partial charge in [-0.2, -0.15) is 5.10 Å². The van der Waals surface area contributed by atoms with E-state index in [1.165, 1.54) is 12.1 Å². The second-order valence-electron chi connectivity index (χ2n) is 6.54. The first-order chi connectivity index (χ1) is 12.9. The number of para-hydroxylation sites is 1. The zero-order chi connectivity index (χ0) is 19.3. The van der Waals surface area contributed by atoms with Crippen LogP contribution < -0.4 is 0 Å². The van der Waals surface area contributed by atoms with E-state index in [1.54, 1.807) is 9.25 Å². The Morgan fingerprint density at radius 1 is 1.15 bits per heavy atom. The maximum absolute atomic E-state index is 14.8. The van der Waals surface area contributed by atoms with Crippen molar-refractivity contribution in [3.63, 3.8) is 0 Å². The first kappa shape index (κ1) is 17.0. The van der Waals surface area contributed by atoms with Crippen molar-refractivity contribution in [1.29, 1.82) is 0 Å². The van der Waals surface area contributed by atoms with Gasteiger partial charge in [0.2, 0.25) is 0 Å². The van der Waals surface area contributed by atoms with Gasteiger partial charge in [0.1, 0.15) is 5.75 Å². The van der Waals surface area contributed by atoms with Gasteiger partial charge in [0.05, 0.1) is 22.6 Å². The number of benzene rings is 2. The zero-order valence-electron chi connectivity index (χ0n) is 15.2. The summed E-state index contributed by atoms with van der Waals surface area (Å²) in [5, 5.41) is 14.8. The summed E-state index contributed by atoms with van der Waals surface area (Å²) in [4.78, 5) is 12.1. The van der Waals surface area contributed by atoms with Gasteiger partial charge < -0.3 is 9.67 Å². The second-order valence-corrected chi connectivity index (χ2v) is 6.54. The summed E-state index contributed by atoms with van der Waals surface area (Å²) < 4.78 is 18.3. The normalized spacial score (nSPS) is 11.3. The van der Waals surface area contributed by atoms with E-state index in [9.17, 15) is 14.3 Å². The van der Waals surface area contributed by atoms with Crippen molar-refractivity contribution in [3.8, 4) is 22.7 Å². The fraction of sp³-hybridized carbons (Fsp3) is 0.143. The molecular weight excluding hydrogens is 345 g/mol. The zero-order valence-corrected chi connectivity index (χ0v) is 15.2. The molecule has 0 saturated carbocycles. The quantitative estimate of drug-likeness (QED) is 0.552. The summed E-state index contributed by atoms with van der Waals surface area (Å²) in [6.07, 6.45) is 0.804. The van der Waals surface area contributed by atoms with E-state index in [1.807, 2.05) is 45.2 Å². The van der Waals surface area contributed by atoms with Gasteiger partial charge in [-0.25, -0.2) is 4.39 Å². The molecular formula is C21H18FN3O2. The van der Waals surface area contributed by atoms with Gasteiger partial charge >= 0.3 is 0 Å². The molecule has 4 rings (SSSR count). The van der Waals surface area contributed by atoms with Crippen LogP contribution in [0.25, 0.3) is 27.8 Å².